The predicted octanol–water partition coefficient (Wildman–Crippen LogP) is 2.66. The Kier molecular flexibility index (Phi) is 10.9. The Morgan fingerprint density at radius 2 is 2.04 bits per heavy atom. The summed E-state index contributed by atoms with van der Waals surface area (Å²) in [6.45, 7) is 14.7. The highest BCUT2D eigenvalue weighted by Gasteiger charge is 2.17. The number of morpholine rings is 1. The molecule has 0 saturated carbocycles. The average molecular weight is 481 g/mol. The van der Waals surface area contributed by atoms with Crippen LogP contribution in [0.1, 0.15) is 44.3 Å². The van der Waals surface area contributed by atoms with Crippen molar-refractivity contribution in [1.82, 2.24) is 20.5 Å². The van der Waals surface area contributed by atoms with E-state index in [1.54, 1.807) is 11.3 Å². The minimum absolute atomic E-state index is 0. The van der Waals surface area contributed by atoms with Crippen molar-refractivity contribution in [2.45, 2.75) is 46.2 Å². The number of halogens is 1. The molecule has 144 valence electrons. The van der Waals surface area contributed by atoms with Gasteiger partial charge < -0.3 is 15.4 Å². The number of aliphatic imine (C=N–C) groups is 1. The molecule has 1 aromatic heterocycles. The highest BCUT2D eigenvalue weighted by molar-refractivity contribution is 14.0. The molecule has 0 spiro atoms. The zero-order valence-electron chi connectivity index (χ0n) is 15.7. The lowest BCUT2D eigenvalue weighted by Crippen LogP contribution is -2.49. The van der Waals surface area contributed by atoms with Gasteiger partial charge >= 0.3 is 0 Å². The second-order valence-electron chi connectivity index (χ2n) is 6.39. The van der Waals surface area contributed by atoms with Gasteiger partial charge in [0.2, 0.25) is 0 Å². The Labute approximate surface area is 172 Å². The number of rotatable bonds is 7. The van der Waals surface area contributed by atoms with Crippen LogP contribution in [0.5, 0.6) is 0 Å². The molecule has 0 aliphatic carbocycles. The third-order valence-corrected chi connectivity index (χ3v) is 4.96. The normalized spacial score (nSPS) is 17.2. The standard InChI is InChI=1S/C17H31N5OS.HI/c1-5-18-17(19-10-14(4)22-6-8-23-9-7-22)20-11-16-21-15(12-24-16)13(2)3;/h12-14H,5-11H2,1-4H3,(H2,18,19,20);1H. The van der Waals surface area contributed by atoms with Crippen LogP contribution in [-0.4, -0.2) is 61.3 Å². The molecule has 1 saturated heterocycles. The molecule has 1 unspecified atom stereocenters. The largest absolute Gasteiger partial charge is 0.379 e. The lowest BCUT2D eigenvalue weighted by molar-refractivity contribution is 0.0211. The number of ether oxygens (including phenoxy) is 1. The van der Waals surface area contributed by atoms with E-state index in [1.165, 1.54) is 0 Å². The molecule has 0 bridgehead atoms. The van der Waals surface area contributed by atoms with Crippen LogP contribution < -0.4 is 10.6 Å². The number of nitrogens with zero attached hydrogens (tertiary/aromatic N) is 3. The Balaban J connectivity index is 0.00000312. The minimum Gasteiger partial charge on any atom is -0.379 e. The summed E-state index contributed by atoms with van der Waals surface area (Å²) in [6, 6.07) is 0.463. The quantitative estimate of drug-likeness (QED) is 0.356. The van der Waals surface area contributed by atoms with Crippen molar-refractivity contribution in [3.63, 3.8) is 0 Å². The molecule has 2 rings (SSSR count). The molecule has 0 amide bonds. The van der Waals surface area contributed by atoms with Crippen LogP contribution in [0.15, 0.2) is 10.4 Å². The van der Waals surface area contributed by atoms with Crippen molar-refractivity contribution in [2.24, 2.45) is 4.99 Å². The third kappa shape index (κ3) is 7.76. The van der Waals surface area contributed by atoms with Crippen molar-refractivity contribution in [3.8, 4) is 0 Å². The van der Waals surface area contributed by atoms with Crippen molar-refractivity contribution < 1.29 is 4.74 Å². The highest BCUT2D eigenvalue weighted by atomic mass is 127. The van der Waals surface area contributed by atoms with Gasteiger partial charge in [-0.3, -0.25) is 4.90 Å². The maximum atomic E-state index is 5.42. The van der Waals surface area contributed by atoms with Gasteiger partial charge in [-0.05, 0) is 19.8 Å². The Bertz CT molecular complexity index is 517. The van der Waals surface area contributed by atoms with Gasteiger partial charge in [-0.15, -0.1) is 35.3 Å². The van der Waals surface area contributed by atoms with E-state index in [1.807, 2.05) is 0 Å². The highest BCUT2D eigenvalue weighted by Crippen LogP contribution is 2.18. The molecule has 2 N–H and O–H groups in total. The molecule has 8 heteroatoms. The first-order chi connectivity index (χ1) is 11.6. The molecule has 1 fully saturated rings. The van der Waals surface area contributed by atoms with Gasteiger partial charge in [-0.25, -0.2) is 9.98 Å². The van der Waals surface area contributed by atoms with E-state index in [9.17, 15) is 0 Å². The summed E-state index contributed by atoms with van der Waals surface area (Å²) in [4.78, 5) is 11.8. The number of hydrogen-bond acceptors (Lipinski definition) is 5. The Hall–Kier alpha value is -0.450. The fourth-order valence-corrected chi connectivity index (χ4v) is 3.42. The SMILES string of the molecule is CCNC(=NCc1nc(C(C)C)cs1)NCC(C)N1CCOCC1.I. The molecular weight excluding hydrogens is 449 g/mol. The molecule has 1 aliphatic rings. The van der Waals surface area contributed by atoms with Gasteiger partial charge in [0.05, 0.1) is 25.5 Å². The number of hydrogen-bond donors (Lipinski definition) is 2. The van der Waals surface area contributed by atoms with Crippen LogP contribution in [0.2, 0.25) is 0 Å². The summed E-state index contributed by atoms with van der Waals surface area (Å²) in [5, 5.41) is 9.97. The van der Waals surface area contributed by atoms with Crippen LogP contribution in [-0.2, 0) is 11.3 Å². The molecular formula is C17H32IN5OS. The first-order valence-corrected chi connectivity index (χ1v) is 9.76. The zero-order valence-corrected chi connectivity index (χ0v) is 18.9. The Morgan fingerprint density at radius 3 is 2.64 bits per heavy atom. The van der Waals surface area contributed by atoms with E-state index in [0.29, 0.717) is 18.5 Å². The second-order valence-corrected chi connectivity index (χ2v) is 7.34. The van der Waals surface area contributed by atoms with E-state index in [4.69, 9.17) is 4.74 Å². The summed E-state index contributed by atoms with van der Waals surface area (Å²) >= 11 is 1.69. The summed E-state index contributed by atoms with van der Waals surface area (Å²) < 4.78 is 5.42. The van der Waals surface area contributed by atoms with Gasteiger partial charge in [0.25, 0.3) is 0 Å². The maximum Gasteiger partial charge on any atom is 0.191 e. The molecule has 1 atom stereocenters. The van der Waals surface area contributed by atoms with Crippen LogP contribution in [0, 0.1) is 0 Å². The lowest BCUT2D eigenvalue weighted by Gasteiger charge is -2.32. The minimum atomic E-state index is 0. The topological polar surface area (TPSA) is 61.8 Å². The third-order valence-electron chi connectivity index (χ3n) is 4.11. The summed E-state index contributed by atoms with van der Waals surface area (Å²) in [7, 11) is 0. The number of aromatic nitrogens is 1. The molecule has 1 aliphatic heterocycles. The van der Waals surface area contributed by atoms with Gasteiger partial charge in [-0.2, -0.15) is 0 Å². The molecule has 6 nitrogen and oxygen atoms in total. The van der Waals surface area contributed by atoms with E-state index in [0.717, 1.165) is 56.1 Å². The lowest BCUT2D eigenvalue weighted by atomic mass is 10.2. The first kappa shape index (κ1) is 22.6. The zero-order chi connectivity index (χ0) is 17.4. The molecule has 25 heavy (non-hydrogen) atoms. The smallest absolute Gasteiger partial charge is 0.191 e. The number of nitrogens with one attached hydrogen (secondary N) is 2. The van der Waals surface area contributed by atoms with Crippen LogP contribution in [0.3, 0.4) is 0 Å². The predicted molar refractivity (Wildman–Crippen MR) is 116 cm³/mol. The van der Waals surface area contributed by atoms with Crippen molar-refractivity contribution in [1.29, 1.82) is 0 Å². The van der Waals surface area contributed by atoms with E-state index in [2.05, 4.69) is 58.6 Å². The van der Waals surface area contributed by atoms with E-state index >= 15 is 0 Å². The summed E-state index contributed by atoms with van der Waals surface area (Å²) in [6.07, 6.45) is 0. The van der Waals surface area contributed by atoms with Gasteiger partial charge in [0, 0.05) is 37.6 Å². The van der Waals surface area contributed by atoms with Crippen LogP contribution >= 0.6 is 35.3 Å². The second kappa shape index (κ2) is 12.0. The molecule has 2 heterocycles. The molecule has 0 aromatic carbocycles. The molecule has 0 radical (unpaired) electrons. The van der Waals surface area contributed by atoms with Gasteiger partial charge in [0.15, 0.2) is 5.96 Å². The fourth-order valence-electron chi connectivity index (χ4n) is 2.54. The number of guanidine groups is 1. The van der Waals surface area contributed by atoms with Gasteiger partial charge in [0.1, 0.15) is 5.01 Å². The summed E-state index contributed by atoms with van der Waals surface area (Å²) in [5.41, 5.74) is 1.16. The van der Waals surface area contributed by atoms with Crippen molar-refractivity contribution in [2.75, 3.05) is 39.4 Å². The Morgan fingerprint density at radius 1 is 1.32 bits per heavy atom. The van der Waals surface area contributed by atoms with Crippen molar-refractivity contribution >= 4 is 41.3 Å². The summed E-state index contributed by atoms with van der Waals surface area (Å²) in [5.74, 6) is 1.33. The number of thiazole rings is 1. The van der Waals surface area contributed by atoms with Gasteiger partial charge in [-0.1, -0.05) is 13.8 Å². The monoisotopic (exact) mass is 481 g/mol. The maximum absolute atomic E-state index is 5.42. The van der Waals surface area contributed by atoms with Crippen molar-refractivity contribution in [3.05, 3.63) is 16.1 Å². The fraction of sp³-hybridized carbons (Fsp3) is 0.765. The van der Waals surface area contributed by atoms with Crippen LogP contribution in [0.25, 0.3) is 0 Å². The molecule has 1 aromatic rings. The van der Waals surface area contributed by atoms with E-state index in [-0.39, 0.29) is 24.0 Å². The average Bonchev–Trinajstić information content (AvgIpc) is 3.07. The van der Waals surface area contributed by atoms with Crippen LogP contribution in [0.4, 0.5) is 0 Å². The first-order valence-electron chi connectivity index (χ1n) is 8.88. The van der Waals surface area contributed by atoms with E-state index < -0.39 is 0 Å².